The van der Waals surface area contributed by atoms with E-state index in [1.54, 1.807) is 13.3 Å². The molecule has 14 heteroatoms. The molecule has 4 N–H and O–H groups in total. The first-order valence-electron chi connectivity index (χ1n) is 13.8. The number of hydrogen-bond donors (Lipinski definition) is 3. The lowest BCUT2D eigenvalue weighted by Crippen LogP contribution is -2.43. The Bertz CT molecular complexity index is 1590. The minimum atomic E-state index is -0.673. The maximum absolute atomic E-state index is 11.2. The fraction of sp³-hybridized carbons (Fsp3) is 0.400. The lowest BCUT2D eigenvalue weighted by molar-refractivity contribution is -0.388. The molecule has 3 heterocycles. The number of halogens is 1. The number of ether oxygens (including phenoxy) is 3. The van der Waals surface area contributed by atoms with Crippen molar-refractivity contribution in [1.82, 2.24) is 19.9 Å². The predicted molar refractivity (Wildman–Crippen MR) is 171 cm³/mol. The molecule has 0 saturated carbocycles. The van der Waals surface area contributed by atoms with Gasteiger partial charge < -0.3 is 40.4 Å². The Morgan fingerprint density at radius 3 is 2.55 bits per heavy atom. The fourth-order valence-electron chi connectivity index (χ4n) is 4.61. The van der Waals surface area contributed by atoms with E-state index in [1.807, 2.05) is 19.1 Å². The van der Waals surface area contributed by atoms with Crippen LogP contribution < -0.4 is 15.8 Å². The van der Waals surface area contributed by atoms with Crippen molar-refractivity contribution >= 4 is 44.5 Å². The molecule has 0 aliphatic heterocycles. The average molecular weight is 673 g/mol. The number of nitrogens with zero attached hydrogens (tertiary/aromatic N) is 4. The minimum Gasteiger partial charge on any atom is -0.491 e. The predicted octanol–water partition coefficient (Wildman–Crippen LogP) is 5.56. The number of carbonyl (C=O) groups is 1. The molecule has 0 aliphatic carbocycles. The van der Waals surface area contributed by atoms with Crippen molar-refractivity contribution in [2.75, 3.05) is 32.8 Å². The van der Waals surface area contributed by atoms with Gasteiger partial charge >= 0.3 is 5.82 Å². The van der Waals surface area contributed by atoms with E-state index in [9.17, 15) is 14.9 Å². The highest BCUT2D eigenvalue weighted by Gasteiger charge is 2.22. The van der Waals surface area contributed by atoms with Crippen molar-refractivity contribution in [3.63, 3.8) is 0 Å². The summed E-state index contributed by atoms with van der Waals surface area (Å²) in [6.07, 6.45) is 3.97. The van der Waals surface area contributed by atoms with Crippen LogP contribution in [0.4, 0.5) is 11.5 Å². The Labute approximate surface area is 264 Å². The number of H-pyrrole nitrogens is 1. The molecule has 44 heavy (non-hydrogen) atoms. The second-order valence-corrected chi connectivity index (χ2v) is 11.8. The van der Waals surface area contributed by atoms with Gasteiger partial charge in [0.05, 0.1) is 9.99 Å². The van der Waals surface area contributed by atoms with Gasteiger partial charge in [-0.2, -0.15) is 0 Å². The zero-order valence-corrected chi connectivity index (χ0v) is 27.2. The smallest absolute Gasteiger partial charge is 0.388 e. The lowest BCUT2D eigenvalue weighted by Gasteiger charge is -2.27. The van der Waals surface area contributed by atoms with Crippen LogP contribution in [0, 0.1) is 23.0 Å². The van der Waals surface area contributed by atoms with Crippen molar-refractivity contribution in [3.8, 4) is 16.9 Å². The first kappa shape index (κ1) is 34.5. The number of aryl methyl sites for hydroxylation is 1. The van der Waals surface area contributed by atoms with Gasteiger partial charge in [0.2, 0.25) is 0 Å². The molecule has 0 spiro atoms. The number of imidazole rings is 1. The van der Waals surface area contributed by atoms with Crippen LogP contribution in [0.1, 0.15) is 38.6 Å². The molecule has 13 nitrogen and oxygen atoms in total. The number of hydrogen-bond acceptors (Lipinski definition) is 10. The van der Waals surface area contributed by atoms with Gasteiger partial charge in [-0.1, -0.05) is 19.9 Å². The normalized spacial score (nSPS) is 12.4. The van der Waals surface area contributed by atoms with Crippen molar-refractivity contribution in [2.24, 2.45) is 11.7 Å². The lowest BCUT2D eigenvalue weighted by atomic mass is 9.93. The van der Waals surface area contributed by atoms with E-state index < -0.39 is 16.6 Å². The van der Waals surface area contributed by atoms with E-state index in [4.69, 9.17) is 15.2 Å². The first-order chi connectivity index (χ1) is 20.8. The first-order valence-corrected chi connectivity index (χ1v) is 14.6. The number of carbonyl (C=O) groups excluding carboxylic acids is 1. The Kier molecular flexibility index (Phi) is 12.3. The molecule has 0 saturated heterocycles. The van der Waals surface area contributed by atoms with Crippen LogP contribution in [-0.4, -0.2) is 63.7 Å². The number of benzene rings is 1. The van der Waals surface area contributed by atoms with Crippen LogP contribution in [0.3, 0.4) is 0 Å². The summed E-state index contributed by atoms with van der Waals surface area (Å²) < 4.78 is 16.2. The molecule has 0 aliphatic rings. The number of aromatic amines is 1. The summed E-state index contributed by atoms with van der Waals surface area (Å²) in [5, 5.41) is 13.0. The highest BCUT2D eigenvalue weighted by atomic mass is 79.9. The number of methoxy groups -OCH3 is 2. The molecule has 236 valence electrons. The quantitative estimate of drug-likeness (QED) is 0.127. The Balaban J connectivity index is 0.000000281. The Morgan fingerprint density at radius 2 is 1.91 bits per heavy atom. The molecule has 0 bridgehead atoms. The van der Waals surface area contributed by atoms with Crippen LogP contribution in [0.25, 0.3) is 22.3 Å². The fourth-order valence-corrected chi connectivity index (χ4v) is 5.00. The number of nitrogens with two attached hydrogens (primary N) is 1. The van der Waals surface area contributed by atoms with Gasteiger partial charge in [0.25, 0.3) is 5.91 Å². The van der Waals surface area contributed by atoms with Gasteiger partial charge in [0.15, 0.2) is 11.3 Å². The van der Waals surface area contributed by atoms with E-state index in [0.717, 1.165) is 40.2 Å². The monoisotopic (exact) mass is 671 g/mol. The molecule has 1 atom stereocenters. The summed E-state index contributed by atoms with van der Waals surface area (Å²) >= 11 is 3.10. The summed E-state index contributed by atoms with van der Waals surface area (Å²) in [4.78, 5) is 36.9. The molecular formula is C30H38BrN7O6. The molecule has 4 aromatic rings. The van der Waals surface area contributed by atoms with Crippen molar-refractivity contribution in [1.29, 1.82) is 0 Å². The van der Waals surface area contributed by atoms with E-state index in [1.165, 1.54) is 19.4 Å². The van der Waals surface area contributed by atoms with Gasteiger partial charge in [-0.25, -0.2) is 9.97 Å². The minimum absolute atomic E-state index is 0.0227. The summed E-state index contributed by atoms with van der Waals surface area (Å²) in [6, 6.07) is 9.68. The third kappa shape index (κ3) is 9.51. The second kappa shape index (κ2) is 15.7. The summed E-state index contributed by atoms with van der Waals surface area (Å²) in [6.45, 7) is 9.18. The van der Waals surface area contributed by atoms with Crippen LogP contribution in [0.5, 0.6) is 5.75 Å². The number of nitrogens with one attached hydrogen (secondary N) is 2. The number of rotatable bonds is 12. The summed E-state index contributed by atoms with van der Waals surface area (Å²) in [5.74, 6) is 1.26. The van der Waals surface area contributed by atoms with Crippen molar-refractivity contribution in [2.45, 2.75) is 46.3 Å². The summed E-state index contributed by atoms with van der Waals surface area (Å²) in [7, 11) is 3.00. The van der Waals surface area contributed by atoms with E-state index in [2.05, 4.69) is 78.8 Å². The van der Waals surface area contributed by atoms with Gasteiger partial charge in [-0.3, -0.25) is 4.79 Å². The van der Waals surface area contributed by atoms with Gasteiger partial charge in [0.1, 0.15) is 37.6 Å². The Morgan fingerprint density at radius 1 is 1.18 bits per heavy atom. The largest absolute Gasteiger partial charge is 0.491 e. The van der Waals surface area contributed by atoms with Crippen LogP contribution in [-0.2, 0) is 20.9 Å². The topological polar surface area (TPSA) is 180 Å². The zero-order valence-electron chi connectivity index (χ0n) is 25.6. The maximum Gasteiger partial charge on any atom is 0.388 e. The molecule has 0 radical (unpaired) electrons. The SMILES string of the molecule is COCC(=O)Nc1c(Br)ccnc1[N+](=O)[O-].COCc1nc2nccc(-c3ccc(OC[C@@](C)(N)CC(C)C)c(C)c3)c2[nH]1. The van der Waals surface area contributed by atoms with Crippen molar-refractivity contribution < 1.29 is 23.9 Å². The van der Waals surface area contributed by atoms with E-state index in [0.29, 0.717) is 29.3 Å². The number of aromatic nitrogens is 4. The second-order valence-electron chi connectivity index (χ2n) is 10.9. The highest BCUT2D eigenvalue weighted by molar-refractivity contribution is 9.10. The van der Waals surface area contributed by atoms with E-state index in [-0.39, 0.29) is 17.8 Å². The highest BCUT2D eigenvalue weighted by Crippen LogP contribution is 2.31. The maximum atomic E-state index is 11.2. The molecule has 1 amide bonds. The average Bonchev–Trinajstić information content (AvgIpc) is 3.36. The molecule has 4 rings (SSSR count). The Hall–Kier alpha value is -3.98. The van der Waals surface area contributed by atoms with Crippen LogP contribution >= 0.6 is 15.9 Å². The third-order valence-electron chi connectivity index (χ3n) is 6.23. The molecule has 1 aromatic carbocycles. The number of pyridine rings is 2. The number of anilines is 1. The van der Waals surface area contributed by atoms with Gasteiger partial charge in [-0.05, 0) is 87.4 Å². The molecule has 0 unspecified atom stereocenters. The standard InChI is InChI=1S/C22H30N4O2.C8H8BrN3O4/c1-14(2)11-22(4,23)13-28-18-7-6-16(10-15(18)3)17-8-9-24-21-20(17)25-19(26-21)12-27-5;1-16-4-6(13)11-7-5(9)2-3-10-8(7)12(14)15/h6-10,14H,11-13,23H2,1-5H3,(H,24,25,26);2-3H,4H2,1H3,(H,11,13)/t22-;/m0./s1. The van der Waals surface area contributed by atoms with Gasteiger partial charge in [0, 0.05) is 31.5 Å². The molecule has 0 fully saturated rings. The van der Waals surface area contributed by atoms with Crippen LogP contribution in [0.15, 0.2) is 47.2 Å². The van der Waals surface area contributed by atoms with Crippen molar-refractivity contribution in [3.05, 3.63) is 68.7 Å². The van der Waals surface area contributed by atoms with E-state index >= 15 is 0 Å². The van der Waals surface area contributed by atoms with Gasteiger partial charge in [-0.15, -0.1) is 0 Å². The number of nitro groups is 1. The molecular weight excluding hydrogens is 634 g/mol. The number of amides is 1. The zero-order chi connectivity index (χ0) is 32.4. The molecule has 3 aromatic heterocycles. The third-order valence-corrected chi connectivity index (χ3v) is 6.89. The summed E-state index contributed by atoms with van der Waals surface area (Å²) in [5.41, 5.74) is 10.9. The number of fused-ring (bicyclic) bond motifs is 1. The van der Waals surface area contributed by atoms with Crippen LogP contribution in [0.2, 0.25) is 0 Å².